The van der Waals surface area contributed by atoms with Crippen molar-refractivity contribution in [1.29, 1.82) is 0 Å². The molecule has 1 aromatic heterocycles. The summed E-state index contributed by atoms with van der Waals surface area (Å²) in [6.07, 6.45) is 0. The number of hydrogen-bond donors (Lipinski definition) is 2. The first-order valence-electron chi connectivity index (χ1n) is 5.78. The number of carboxylic acids is 1. The smallest absolute Gasteiger partial charge is 0.327 e. The summed E-state index contributed by atoms with van der Waals surface area (Å²) in [5.74, 6) is -1.47. The lowest BCUT2D eigenvalue weighted by atomic mass is 10.2. The van der Waals surface area contributed by atoms with Crippen molar-refractivity contribution in [1.82, 2.24) is 4.72 Å². The minimum absolute atomic E-state index is 0.247. The third kappa shape index (κ3) is 3.89. The first kappa shape index (κ1) is 14.7. The van der Waals surface area contributed by atoms with Crippen molar-refractivity contribution in [3.05, 3.63) is 58.3 Å². The Morgan fingerprint density at radius 3 is 2.45 bits per heavy atom. The largest absolute Gasteiger partial charge is 0.480 e. The fraction of sp³-hybridized carbons (Fsp3) is 0.154. The Kier molecular flexibility index (Phi) is 4.53. The highest BCUT2D eigenvalue weighted by molar-refractivity contribution is 7.88. The van der Waals surface area contributed by atoms with Gasteiger partial charge in [0.1, 0.15) is 0 Å². The summed E-state index contributed by atoms with van der Waals surface area (Å²) < 4.78 is 26.3. The van der Waals surface area contributed by atoms with Gasteiger partial charge in [0.25, 0.3) is 0 Å². The molecule has 0 fully saturated rings. The molecule has 20 heavy (non-hydrogen) atoms. The van der Waals surface area contributed by atoms with Gasteiger partial charge in [-0.2, -0.15) is 4.72 Å². The van der Waals surface area contributed by atoms with Crippen molar-refractivity contribution in [2.24, 2.45) is 0 Å². The number of carbonyl (C=O) groups is 1. The molecule has 2 aromatic rings. The lowest BCUT2D eigenvalue weighted by Crippen LogP contribution is -2.34. The van der Waals surface area contributed by atoms with Crippen molar-refractivity contribution < 1.29 is 18.3 Å². The average Bonchev–Trinajstić information content (AvgIpc) is 2.90. The predicted molar refractivity (Wildman–Crippen MR) is 76.9 cm³/mol. The SMILES string of the molecule is O=C(O)C(NS(=O)(=O)Cc1ccccc1)c1cccs1. The molecule has 106 valence electrons. The van der Waals surface area contributed by atoms with Crippen LogP contribution >= 0.6 is 11.3 Å². The molecule has 7 heteroatoms. The van der Waals surface area contributed by atoms with Crippen LogP contribution in [0.3, 0.4) is 0 Å². The first-order chi connectivity index (χ1) is 9.48. The van der Waals surface area contributed by atoms with Gasteiger partial charge in [0.05, 0.1) is 5.75 Å². The molecule has 2 N–H and O–H groups in total. The van der Waals surface area contributed by atoms with Crippen molar-refractivity contribution >= 4 is 27.3 Å². The second-order valence-corrected chi connectivity index (χ2v) is 6.88. The van der Waals surface area contributed by atoms with Gasteiger partial charge in [-0.25, -0.2) is 8.42 Å². The Bertz CT molecular complexity index is 666. The molecule has 0 saturated heterocycles. The molecule has 1 atom stereocenters. The maximum Gasteiger partial charge on any atom is 0.327 e. The standard InChI is InChI=1S/C13H13NO4S2/c15-13(16)12(11-7-4-8-19-11)14-20(17,18)9-10-5-2-1-3-6-10/h1-8,12,14H,9H2,(H,15,16). The van der Waals surface area contributed by atoms with Gasteiger partial charge in [-0.3, -0.25) is 4.79 Å². The van der Waals surface area contributed by atoms with Crippen LogP contribution in [0.2, 0.25) is 0 Å². The van der Waals surface area contributed by atoms with E-state index < -0.39 is 22.0 Å². The third-order valence-corrected chi connectivity index (χ3v) is 4.82. The molecule has 1 unspecified atom stereocenters. The van der Waals surface area contributed by atoms with Crippen LogP contribution in [0.1, 0.15) is 16.5 Å². The van der Waals surface area contributed by atoms with Crippen molar-refractivity contribution in [2.75, 3.05) is 0 Å². The van der Waals surface area contributed by atoms with Gasteiger partial charge in [0.2, 0.25) is 10.0 Å². The van der Waals surface area contributed by atoms with E-state index in [9.17, 15) is 13.2 Å². The third-order valence-electron chi connectivity index (χ3n) is 2.57. The number of aliphatic carboxylic acids is 1. The van der Waals surface area contributed by atoms with E-state index >= 15 is 0 Å². The monoisotopic (exact) mass is 311 g/mol. The van der Waals surface area contributed by atoms with E-state index in [4.69, 9.17) is 5.11 Å². The molecule has 0 aliphatic carbocycles. The van der Waals surface area contributed by atoms with Crippen LogP contribution in [0.15, 0.2) is 47.8 Å². The molecule has 2 rings (SSSR count). The molecule has 1 aromatic carbocycles. The summed E-state index contributed by atoms with van der Waals surface area (Å²) in [5, 5.41) is 10.9. The first-order valence-corrected chi connectivity index (χ1v) is 8.31. The van der Waals surface area contributed by atoms with E-state index in [0.717, 1.165) is 0 Å². The summed E-state index contributed by atoms with van der Waals surface area (Å²) >= 11 is 1.20. The zero-order chi connectivity index (χ0) is 14.6. The Hall–Kier alpha value is -1.70. The molecule has 5 nitrogen and oxygen atoms in total. The number of carboxylic acid groups (broad SMARTS) is 1. The van der Waals surface area contributed by atoms with E-state index in [2.05, 4.69) is 4.72 Å². The Balaban J connectivity index is 2.16. The highest BCUT2D eigenvalue weighted by atomic mass is 32.2. The van der Waals surface area contributed by atoms with Crippen LogP contribution in [0.25, 0.3) is 0 Å². The second kappa shape index (κ2) is 6.17. The molecule has 0 aliphatic rings. The van der Waals surface area contributed by atoms with E-state index in [0.29, 0.717) is 10.4 Å². The number of hydrogen-bond acceptors (Lipinski definition) is 4. The van der Waals surface area contributed by atoms with Gasteiger partial charge in [0.15, 0.2) is 6.04 Å². The minimum Gasteiger partial charge on any atom is -0.480 e. The van der Waals surface area contributed by atoms with Gasteiger partial charge in [-0.05, 0) is 17.0 Å². The van der Waals surface area contributed by atoms with E-state index in [1.54, 1.807) is 47.8 Å². The van der Waals surface area contributed by atoms with Crippen LogP contribution in [-0.4, -0.2) is 19.5 Å². The van der Waals surface area contributed by atoms with E-state index in [-0.39, 0.29) is 5.75 Å². The lowest BCUT2D eigenvalue weighted by Gasteiger charge is -2.13. The highest BCUT2D eigenvalue weighted by Crippen LogP contribution is 2.20. The molecular formula is C13H13NO4S2. The summed E-state index contributed by atoms with van der Waals surface area (Å²) in [4.78, 5) is 11.7. The topological polar surface area (TPSA) is 83.5 Å². The van der Waals surface area contributed by atoms with Crippen molar-refractivity contribution in [2.45, 2.75) is 11.8 Å². The normalized spacial score (nSPS) is 13.0. The quantitative estimate of drug-likeness (QED) is 0.854. The van der Waals surface area contributed by atoms with Gasteiger partial charge < -0.3 is 5.11 Å². The predicted octanol–water partition coefficient (Wildman–Crippen LogP) is 1.99. The van der Waals surface area contributed by atoms with Crippen molar-refractivity contribution in [3.63, 3.8) is 0 Å². The second-order valence-electron chi connectivity index (χ2n) is 4.15. The fourth-order valence-corrected chi connectivity index (χ4v) is 3.84. The molecule has 0 spiro atoms. The van der Waals surface area contributed by atoms with Crippen molar-refractivity contribution in [3.8, 4) is 0 Å². The molecule has 0 radical (unpaired) electrons. The van der Waals surface area contributed by atoms with E-state index in [1.807, 2.05) is 0 Å². The molecule has 0 bridgehead atoms. The summed E-state index contributed by atoms with van der Waals surface area (Å²) in [6, 6.07) is 10.6. The van der Waals surface area contributed by atoms with Crippen LogP contribution in [0, 0.1) is 0 Å². The lowest BCUT2D eigenvalue weighted by molar-refractivity contribution is -0.139. The molecule has 1 heterocycles. The summed E-state index contributed by atoms with van der Waals surface area (Å²) in [6.45, 7) is 0. The number of thiophene rings is 1. The molecular weight excluding hydrogens is 298 g/mol. The Morgan fingerprint density at radius 1 is 1.20 bits per heavy atom. The number of sulfonamides is 1. The van der Waals surface area contributed by atoms with Gasteiger partial charge in [-0.1, -0.05) is 36.4 Å². The fourth-order valence-electron chi connectivity index (χ4n) is 1.70. The molecule has 0 aliphatic heterocycles. The van der Waals surface area contributed by atoms with Crippen LogP contribution in [-0.2, 0) is 20.6 Å². The van der Waals surface area contributed by atoms with Crippen LogP contribution < -0.4 is 4.72 Å². The van der Waals surface area contributed by atoms with Gasteiger partial charge in [0, 0.05) is 4.88 Å². The maximum atomic E-state index is 12.0. The van der Waals surface area contributed by atoms with Gasteiger partial charge >= 0.3 is 5.97 Å². The molecule has 0 amide bonds. The van der Waals surface area contributed by atoms with Crippen LogP contribution in [0.5, 0.6) is 0 Å². The zero-order valence-corrected chi connectivity index (χ0v) is 12.0. The summed E-state index contributed by atoms with van der Waals surface area (Å²) in [5.41, 5.74) is 0.607. The van der Waals surface area contributed by atoms with Crippen LogP contribution in [0.4, 0.5) is 0 Å². The number of nitrogens with one attached hydrogen (secondary N) is 1. The Labute approximate surface area is 120 Å². The summed E-state index contributed by atoms with van der Waals surface area (Å²) in [7, 11) is -3.73. The average molecular weight is 311 g/mol. The molecule has 0 saturated carbocycles. The van der Waals surface area contributed by atoms with E-state index in [1.165, 1.54) is 11.3 Å². The Morgan fingerprint density at radius 2 is 1.90 bits per heavy atom. The zero-order valence-electron chi connectivity index (χ0n) is 10.4. The highest BCUT2D eigenvalue weighted by Gasteiger charge is 2.26. The number of benzene rings is 1. The number of rotatable bonds is 6. The van der Waals surface area contributed by atoms with Gasteiger partial charge in [-0.15, -0.1) is 11.3 Å². The maximum absolute atomic E-state index is 12.0. The minimum atomic E-state index is -3.73.